The third kappa shape index (κ3) is 1.65. The topological polar surface area (TPSA) is 59.7 Å². The summed E-state index contributed by atoms with van der Waals surface area (Å²) in [7, 11) is 1.42. The van der Waals surface area contributed by atoms with Crippen LogP contribution in [-0.2, 0) is 0 Å². The predicted molar refractivity (Wildman–Crippen MR) is 51.6 cm³/mol. The molecule has 1 atom stereocenters. The third-order valence-corrected chi connectivity index (χ3v) is 2.12. The van der Waals surface area contributed by atoms with Crippen molar-refractivity contribution in [2.24, 2.45) is 0 Å². The number of aliphatic hydroxyl groups is 1. The number of ether oxygens (including phenoxy) is 1. The molecule has 0 aliphatic carbocycles. The molecule has 0 amide bonds. The summed E-state index contributed by atoms with van der Waals surface area (Å²) in [5.41, 5.74) is 0.705. The van der Waals surface area contributed by atoms with Gasteiger partial charge in [0.1, 0.15) is 11.9 Å². The first kappa shape index (κ1) is 10.8. The van der Waals surface area contributed by atoms with E-state index in [2.05, 4.69) is 0 Å². The van der Waals surface area contributed by atoms with Crippen LogP contribution >= 0.6 is 0 Å². The number of rotatable bonds is 2. The molecular weight excluding hydrogens is 184 g/mol. The SMILES string of the molecule is COc1oc(C(C)O)c(C)c(=O)c1C. The van der Waals surface area contributed by atoms with Crippen LogP contribution in [0.1, 0.15) is 29.9 Å². The van der Waals surface area contributed by atoms with Crippen LogP contribution in [-0.4, -0.2) is 12.2 Å². The van der Waals surface area contributed by atoms with Gasteiger partial charge in [0.25, 0.3) is 5.95 Å². The molecule has 0 fully saturated rings. The summed E-state index contributed by atoms with van der Waals surface area (Å²) in [6, 6.07) is 0. The number of hydrogen-bond donors (Lipinski definition) is 1. The monoisotopic (exact) mass is 198 g/mol. The number of hydrogen-bond acceptors (Lipinski definition) is 4. The normalized spacial score (nSPS) is 12.6. The molecule has 0 bridgehead atoms. The van der Waals surface area contributed by atoms with Crippen LogP contribution < -0.4 is 10.2 Å². The Morgan fingerprint density at radius 2 is 1.93 bits per heavy atom. The van der Waals surface area contributed by atoms with Crippen LogP contribution in [0.2, 0.25) is 0 Å². The van der Waals surface area contributed by atoms with Gasteiger partial charge in [0.15, 0.2) is 5.43 Å². The van der Waals surface area contributed by atoms with Crippen molar-refractivity contribution in [3.8, 4) is 5.95 Å². The molecule has 4 nitrogen and oxygen atoms in total. The zero-order valence-electron chi connectivity index (χ0n) is 8.75. The smallest absolute Gasteiger partial charge is 0.291 e. The van der Waals surface area contributed by atoms with Crippen LogP contribution in [0.4, 0.5) is 0 Å². The number of aliphatic hydroxyl groups excluding tert-OH is 1. The van der Waals surface area contributed by atoms with Crippen molar-refractivity contribution < 1.29 is 14.3 Å². The summed E-state index contributed by atoms with van der Waals surface area (Å²) in [5, 5.41) is 9.35. The van der Waals surface area contributed by atoms with Crippen molar-refractivity contribution in [1.29, 1.82) is 0 Å². The van der Waals surface area contributed by atoms with Crippen LogP contribution in [0.15, 0.2) is 9.21 Å². The average Bonchev–Trinajstić information content (AvgIpc) is 2.14. The lowest BCUT2D eigenvalue weighted by Gasteiger charge is -2.10. The molecule has 0 saturated heterocycles. The Kier molecular flexibility index (Phi) is 2.96. The molecule has 1 N–H and O–H groups in total. The van der Waals surface area contributed by atoms with Crippen molar-refractivity contribution in [2.45, 2.75) is 26.9 Å². The van der Waals surface area contributed by atoms with Crippen LogP contribution in [0, 0.1) is 13.8 Å². The van der Waals surface area contributed by atoms with Crippen LogP contribution in [0.25, 0.3) is 0 Å². The van der Waals surface area contributed by atoms with E-state index in [1.165, 1.54) is 7.11 Å². The van der Waals surface area contributed by atoms with E-state index in [0.29, 0.717) is 11.1 Å². The second kappa shape index (κ2) is 3.84. The fourth-order valence-corrected chi connectivity index (χ4v) is 1.33. The van der Waals surface area contributed by atoms with Gasteiger partial charge < -0.3 is 14.3 Å². The lowest BCUT2D eigenvalue weighted by atomic mass is 10.1. The highest BCUT2D eigenvalue weighted by atomic mass is 16.6. The largest absolute Gasteiger partial charge is 0.468 e. The second-order valence-electron chi connectivity index (χ2n) is 3.21. The van der Waals surface area contributed by atoms with Gasteiger partial charge in [-0.1, -0.05) is 0 Å². The van der Waals surface area contributed by atoms with Crippen LogP contribution in [0.3, 0.4) is 0 Å². The lowest BCUT2D eigenvalue weighted by Crippen LogP contribution is -2.14. The molecule has 0 aliphatic heterocycles. The first-order valence-corrected chi connectivity index (χ1v) is 4.35. The quantitative estimate of drug-likeness (QED) is 0.778. The predicted octanol–water partition coefficient (Wildman–Crippen LogP) is 1.32. The van der Waals surface area contributed by atoms with E-state index in [1.807, 2.05) is 0 Å². The van der Waals surface area contributed by atoms with Gasteiger partial charge >= 0.3 is 0 Å². The Morgan fingerprint density at radius 1 is 1.36 bits per heavy atom. The molecule has 1 aromatic rings. The molecule has 0 aliphatic rings. The molecule has 78 valence electrons. The Bertz CT molecular complexity index is 390. The summed E-state index contributed by atoms with van der Waals surface area (Å²) in [4.78, 5) is 11.6. The van der Waals surface area contributed by atoms with Crippen molar-refractivity contribution >= 4 is 0 Å². The summed E-state index contributed by atoms with van der Waals surface area (Å²) in [6.07, 6.45) is -0.808. The fraction of sp³-hybridized carbons (Fsp3) is 0.500. The van der Waals surface area contributed by atoms with Gasteiger partial charge in [-0.25, -0.2) is 0 Å². The molecule has 4 heteroatoms. The van der Waals surface area contributed by atoms with E-state index >= 15 is 0 Å². The third-order valence-electron chi connectivity index (χ3n) is 2.12. The molecule has 0 aromatic carbocycles. The van der Waals surface area contributed by atoms with Gasteiger partial charge in [0.2, 0.25) is 0 Å². The van der Waals surface area contributed by atoms with E-state index in [1.54, 1.807) is 20.8 Å². The van der Waals surface area contributed by atoms with Gasteiger partial charge in [-0.3, -0.25) is 4.79 Å². The highest BCUT2D eigenvalue weighted by molar-refractivity contribution is 5.29. The second-order valence-corrected chi connectivity index (χ2v) is 3.21. The molecule has 1 heterocycles. The first-order chi connectivity index (χ1) is 6.49. The van der Waals surface area contributed by atoms with Crippen molar-refractivity contribution in [1.82, 2.24) is 0 Å². The summed E-state index contributed by atoms with van der Waals surface area (Å²) >= 11 is 0. The summed E-state index contributed by atoms with van der Waals surface area (Å²) in [6.45, 7) is 4.80. The molecule has 0 radical (unpaired) electrons. The zero-order chi connectivity index (χ0) is 10.9. The Hall–Kier alpha value is -1.29. The van der Waals surface area contributed by atoms with Crippen molar-refractivity contribution in [3.05, 3.63) is 27.1 Å². The zero-order valence-corrected chi connectivity index (χ0v) is 8.75. The summed E-state index contributed by atoms with van der Waals surface area (Å²) in [5.74, 6) is 0.425. The maximum Gasteiger partial charge on any atom is 0.291 e. The van der Waals surface area contributed by atoms with Gasteiger partial charge in [0, 0.05) is 5.56 Å². The molecule has 1 aromatic heterocycles. The van der Waals surface area contributed by atoms with Crippen LogP contribution in [0.5, 0.6) is 5.95 Å². The van der Waals surface area contributed by atoms with Gasteiger partial charge in [-0.15, -0.1) is 0 Å². The maximum atomic E-state index is 11.6. The van der Waals surface area contributed by atoms with Gasteiger partial charge in [0.05, 0.1) is 12.7 Å². The lowest BCUT2D eigenvalue weighted by molar-refractivity contribution is 0.152. The van der Waals surface area contributed by atoms with E-state index in [0.717, 1.165) is 0 Å². The van der Waals surface area contributed by atoms with Crippen molar-refractivity contribution in [2.75, 3.05) is 7.11 Å². The van der Waals surface area contributed by atoms with E-state index in [-0.39, 0.29) is 17.1 Å². The molecule has 14 heavy (non-hydrogen) atoms. The molecule has 0 spiro atoms. The number of methoxy groups -OCH3 is 1. The standard InChI is InChI=1S/C10H14O4/c1-5-8(12)6(2)10(13-4)14-9(5)7(3)11/h7,11H,1-4H3. The highest BCUT2D eigenvalue weighted by Gasteiger charge is 2.16. The minimum atomic E-state index is -0.808. The summed E-state index contributed by atoms with van der Waals surface area (Å²) < 4.78 is 10.2. The minimum absolute atomic E-state index is 0.149. The maximum absolute atomic E-state index is 11.6. The Balaban J connectivity index is 3.49. The molecule has 0 saturated carbocycles. The van der Waals surface area contributed by atoms with E-state index in [9.17, 15) is 9.90 Å². The van der Waals surface area contributed by atoms with E-state index < -0.39 is 6.10 Å². The van der Waals surface area contributed by atoms with Gasteiger partial charge in [-0.2, -0.15) is 0 Å². The van der Waals surface area contributed by atoms with E-state index in [4.69, 9.17) is 9.15 Å². The minimum Gasteiger partial charge on any atom is -0.468 e. The average molecular weight is 198 g/mol. The Morgan fingerprint density at radius 3 is 2.36 bits per heavy atom. The molecule has 1 unspecified atom stereocenters. The Labute approximate surface area is 82.1 Å². The fourth-order valence-electron chi connectivity index (χ4n) is 1.33. The molecule has 1 rings (SSSR count). The van der Waals surface area contributed by atoms with Gasteiger partial charge in [-0.05, 0) is 20.8 Å². The molecular formula is C10H14O4. The highest BCUT2D eigenvalue weighted by Crippen LogP contribution is 2.22. The van der Waals surface area contributed by atoms with Crippen molar-refractivity contribution in [3.63, 3.8) is 0 Å². The first-order valence-electron chi connectivity index (χ1n) is 4.35.